The Morgan fingerprint density at radius 2 is 1.97 bits per heavy atom. The van der Waals surface area contributed by atoms with Crippen molar-refractivity contribution in [3.05, 3.63) is 54.2 Å². The largest absolute Gasteiger partial charge is 0.481 e. The summed E-state index contributed by atoms with van der Waals surface area (Å²) in [6, 6.07) is 12.6. The van der Waals surface area contributed by atoms with E-state index in [1.807, 2.05) is 35.4 Å². The van der Waals surface area contributed by atoms with E-state index < -0.39 is 0 Å². The topological polar surface area (TPSA) is 60.9 Å². The molecule has 2 aliphatic heterocycles. The van der Waals surface area contributed by atoms with Crippen LogP contribution in [0.5, 0.6) is 5.88 Å². The Morgan fingerprint density at radius 1 is 1.16 bits per heavy atom. The second-order valence-electron chi connectivity index (χ2n) is 8.34. The summed E-state index contributed by atoms with van der Waals surface area (Å²) < 4.78 is 5.12. The number of amides is 2. The molecule has 1 saturated heterocycles. The zero-order valence-corrected chi connectivity index (χ0v) is 18.5. The highest BCUT2D eigenvalue weighted by atomic mass is 16.5. The Labute approximate surface area is 184 Å². The van der Waals surface area contributed by atoms with E-state index in [9.17, 15) is 4.79 Å². The SMILES string of the molecule is COc1ccc(C2=CCN(C(=O)Nc3ccc(N4CCC(N(C)C)C4)cc3)CC2)cn1. The summed E-state index contributed by atoms with van der Waals surface area (Å²) >= 11 is 0. The molecule has 1 atom stereocenters. The van der Waals surface area contributed by atoms with Crippen LogP contribution in [0, 0.1) is 0 Å². The minimum atomic E-state index is -0.0650. The van der Waals surface area contributed by atoms with E-state index in [-0.39, 0.29) is 6.03 Å². The zero-order valence-electron chi connectivity index (χ0n) is 18.5. The third-order valence-corrected chi connectivity index (χ3v) is 6.19. The van der Waals surface area contributed by atoms with Crippen LogP contribution in [-0.2, 0) is 0 Å². The molecular formula is C24H31N5O2. The lowest BCUT2D eigenvalue weighted by Crippen LogP contribution is -2.37. The van der Waals surface area contributed by atoms with Gasteiger partial charge in [-0.1, -0.05) is 6.08 Å². The van der Waals surface area contributed by atoms with Gasteiger partial charge in [-0.15, -0.1) is 0 Å². The molecule has 3 heterocycles. The summed E-state index contributed by atoms with van der Waals surface area (Å²) in [7, 11) is 5.89. The number of carbonyl (C=O) groups is 1. The van der Waals surface area contributed by atoms with Crippen molar-refractivity contribution in [1.82, 2.24) is 14.8 Å². The Hall–Kier alpha value is -3.06. The number of methoxy groups -OCH3 is 1. The lowest BCUT2D eigenvalue weighted by molar-refractivity contribution is 0.217. The highest BCUT2D eigenvalue weighted by Crippen LogP contribution is 2.25. The van der Waals surface area contributed by atoms with Crippen molar-refractivity contribution < 1.29 is 9.53 Å². The standard InChI is InChI=1S/C24H31N5O2/c1-27(2)22-12-15-29(17-22)21-7-5-20(6-8-21)26-24(30)28-13-10-18(11-14-28)19-4-9-23(31-3)25-16-19/h4-10,16,22H,11-15,17H2,1-3H3,(H,26,30). The lowest BCUT2D eigenvalue weighted by Gasteiger charge is -2.27. The molecule has 2 amide bonds. The van der Waals surface area contributed by atoms with Gasteiger partial charge in [0.2, 0.25) is 5.88 Å². The molecule has 1 unspecified atom stereocenters. The van der Waals surface area contributed by atoms with Crippen molar-refractivity contribution in [3.63, 3.8) is 0 Å². The maximum Gasteiger partial charge on any atom is 0.322 e. The van der Waals surface area contributed by atoms with E-state index in [4.69, 9.17) is 4.74 Å². The van der Waals surface area contributed by atoms with Crippen molar-refractivity contribution in [2.24, 2.45) is 0 Å². The van der Waals surface area contributed by atoms with Gasteiger partial charge in [-0.3, -0.25) is 0 Å². The highest BCUT2D eigenvalue weighted by molar-refractivity contribution is 5.90. The molecule has 0 bridgehead atoms. The van der Waals surface area contributed by atoms with Gasteiger partial charge in [0.05, 0.1) is 7.11 Å². The fraction of sp³-hybridized carbons (Fsp3) is 0.417. The molecule has 4 rings (SSSR count). The van der Waals surface area contributed by atoms with Gasteiger partial charge in [0.25, 0.3) is 0 Å². The molecule has 1 fully saturated rings. The van der Waals surface area contributed by atoms with Crippen molar-refractivity contribution in [2.45, 2.75) is 18.9 Å². The molecule has 7 nitrogen and oxygen atoms in total. The predicted octanol–water partition coefficient (Wildman–Crippen LogP) is 3.55. The molecule has 7 heteroatoms. The maximum absolute atomic E-state index is 12.7. The Bertz CT molecular complexity index is 924. The first-order valence-corrected chi connectivity index (χ1v) is 10.8. The summed E-state index contributed by atoms with van der Waals surface area (Å²) in [5.41, 5.74) is 4.33. The third kappa shape index (κ3) is 4.99. The minimum Gasteiger partial charge on any atom is -0.481 e. The van der Waals surface area contributed by atoms with E-state index >= 15 is 0 Å². The Morgan fingerprint density at radius 3 is 2.55 bits per heavy atom. The van der Waals surface area contributed by atoms with Crippen LogP contribution in [0.15, 0.2) is 48.7 Å². The number of anilines is 2. The lowest BCUT2D eigenvalue weighted by atomic mass is 10.0. The fourth-order valence-corrected chi connectivity index (χ4v) is 4.16. The van der Waals surface area contributed by atoms with Crippen LogP contribution in [0.1, 0.15) is 18.4 Å². The predicted molar refractivity (Wildman–Crippen MR) is 125 cm³/mol. The summed E-state index contributed by atoms with van der Waals surface area (Å²) in [5.74, 6) is 0.606. The van der Waals surface area contributed by atoms with Gasteiger partial charge in [0.15, 0.2) is 0 Å². The second-order valence-corrected chi connectivity index (χ2v) is 8.34. The van der Waals surface area contributed by atoms with Crippen molar-refractivity contribution in [1.29, 1.82) is 0 Å². The molecular weight excluding hydrogens is 390 g/mol. The molecule has 0 aliphatic carbocycles. The molecule has 0 spiro atoms. The number of urea groups is 1. The first-order valence-electron chi connectivity index (χ1n) is 10.8. The number of hydrogen-bond donors (Lipinski definition) is 1. The first kappa shape index (κ1) is 21.2. The van der Waals surface area contributed by atoms with Gasteiger partial charge in [-0.25, -0.2) is 9.78 Å². The number of carbonyl (C=O) groups excluding carboxylic acids is 1. The number of nitrogens with zero attached hydrogens (tertiary/aromatic N) is 4. The van der Waals surface area contributed by atoms with Crippen LogP contribution in [0.25, 0.3) is 5.57 Å². The second kappa shape index (κ2) is 9.39. The molecule has 0 saturated carbocycles. The number of aromatic nitrogens is 1. The number of hydrogen-bond acceptors (Lipinski definition) is 5. The Kier molecular flexibility index (Phi) is 6.42. The first-order chi connectivity index (χ1) is 15.0. The number of ether oxygens (including phenoxy) is 1. The van der Waals surface area contributed by atoms with Crippen LogP contribution >= 0.6 is 0 Å². The van der Waals surface area contributed by atoms with Crippen molar-refractivity contribution in [3.8, 4) is 5.88 Å². The monoisotopic (exact) mass is 421 g/mol. The smallest absolute Gasteiger partial charge is 0.322 e. The van der Waals surface area contributed by atoms with Crippen LogP contribution in [0.4, 0.5) is 16.2 Å². The summed E-state index contributed by atoms with van der Waals surface area (Å²) in [5, 5.41) is 3.03. The summed E-state index contributed by atoms with van der Waals surface area (Å²) in [4.78, 5) is 23.5. The zero-order chi connectivity index (χ0) is 21.8. The molecule has 1 aromatic carbocycles. The molecule has 31 heavy (non-hydrogen) atoms. The van der Waals surface area contributed by atoms with E-state index in [0.717, 1.165) is 30.8 Å². The van der Waals surface area contributed by atoms with Gasteiger partial charge in [-0.05, 0) is 68.4 Å². The van der Waals surface area contributed by atoms with Crippen molar-refractivity contribution >= 4 is 23.0 Å². The molecule has 164 valence electrons. The van der Waals surface area contributed by atoms with Gasteiger partial charge in [0.1, 0.15) is 0 Å². The minimum absolute atomic E-state index is 0.0650. The maximum atomic E-state index is 12.7. The average molecular weight is 422 g/mol. The van der Waals surface area contributed by atoms with E-state index in [1.165, 1.54) is 17.7 Å². The Balaban J connectivity index is 1.31. The molecule has 1 aromatic heterocycles. The van der Waals surface area contributed by atoms with Gasteiger partial charge < -0.3 is 24.8 Å². The number of likely N-dealkylation sites (N-methyl/N-ethyl adjacent to an activating group) is 1. The average Bonchev–Trinajstić information content (AvgIpc) is 3.30. The summed E-state index contributed by atoms with van der Waals surface area (Å²) in [6.45, 7) is 3.39. The third-order valence-electron chi connectivity index (χ3n) is 6.19. The van der Waals surface area contributed by atoms with Gasteiger partial charge in [-0.2, -0.15) is 0 Å². The van der Waals surface area contributed by atoms with E-state index in [0.29, 0.717) is 25.0 Å². The molecule has 2 aromatic rings. The van der Waals surface area contributed by atoms with Crippen LogP contribution in [0.3, 0.4) is 0 Å². The molecule has 2 aliphatic rings. The summed E-state index contributed by atoms with van der Waals surface area (Å²) in [6.07, 6.45) is 5.91. The van der Waals surface area contributed by atoms with Gasteiger partial charge >= 0.3 is 6.03 Å². The number of benzene rings is 1. The number of rotatable bonds is 5. The van der Waals surface area contributed by atoms with Gasteiger partial charge in [0, 0.05) is 55.9 Å². The van der Waals surface area contributed by atoms with Crippen LogP contribution in [0.2, 0.25) is 0 Å². The molecule has 0 radical (unpaired) electrons. The van der Waals surface area contributed by atoms with E-state index in [1.54, 1.807) is 7.11 Å². The number of nitrogens with one attached hydrogen (secondary N) is 1. The normalized spacial score (nSPS) is 18.8. The highest BCUT2D eigenvalue weighted by Gasteiger charge is 2.24. The quantitative estimate of drug-likeness (QED) is 0.800. The van der Waals surface area contributed by atoms with Crippen molar-refractivity contribution in [2.75, 3.05) is 57.6 Å². The molecule has 1 N–H and O–H groups in total. The van der Waals surface area contributed by atoms with E-state index in [2.05, 4.69) is 52.4 Å². The van der Waals surface area contributed by atoms with Crippen LogP contribution < -0.4 is 15.0 Å². The number of pyridine rings is 1. The fourth-order valence-electron chi connectivity index (χ4n) is 4.16. The van der Waals surface area contributed by atoms with Crippen LogP contribution in [-0.4, -0.2) is 74.2 Å².